The van der Waals surface area contributed by atoms with Gasteiger partial charge in [0, 0.05) is 11.1 Å². The average molecular weight is 277 g/mol. The van der Waals surface area contributed by atoms with Crippen molar-refractivity contribution in [3.63, 3.8) is 0 Å². The monoisotopic (exact) mass is 277 g/mol. The van der Waals surface area contributed by atoms with Crippen molar-refractivity contribution in [3.05, 3.63) is 16.1 Å². The molecule has 18 heavy (non-hydrogen) atoms. The van der Waals surface area contributed by atoms with Crippen molar-refractivity contribution in [2.45, 2.75) is 31.5 Å². The van der Waals surface area contributed by atoms with Gasteiger partial charge < -0.3 is 0 Å². The summed E-state index contributed by atoms with van der Waals surface area (Å²) >= 11 is 0.701. The first-order valence-electron chi connectivity index (χ1n) is 6.01. The van der Waals surface area contributed by atoms with Gasteiger partial charge in [-0.3, -0.25) is 11.3 Å². The molecule has 0 radical (unpaired) electrons. The molecule has 3 nitrogen and oxygen atoms in total. The number of nitrogens with two attached hydrogens (primary N) is 1. The third-order valence-corrected chi connectivity index (χ3v) is 5.24. The molecule has 100 valence electrons. The second-order valence-corrected chi connectivity index (χ2v) is 6.11. The Morgan fingerprint density at radius 1 is 1.39 bits per heavy atom. The Kier molecular flexibility index (Phi) is 2.87. The van der Waals surface area contributed by atoms with Crippen molar-refractivity contribution in [2.75, 3.05) is 0 Å². The minimum Gasteiger partial charge on any atom is -0.271 e. The molecular formula is C11H14F3N3S. The molecule has 3 rings (SSSR count). The molecule has 2 fully saturated rings. The molecule has 2 aliphatic rings. The van der Waals surface area contributed by atoms with Gasteiger partial charge in [-0.1, -0.05) is 6.42 Å². The predicted molar refractivity (Wildman–Crippen MR) is 61.5 cm³/mol. The highest BCUT2D eigenvalue weighted by atomic mass is 32.1. The maximum Gasteiger partial charge on any atom is 0.443 e. The maximum atomic E-state index is 12.5. The molecule has 3 atom stereocenters. The molecule has 0 amide bonds. The van der Waals surface area contributed by atoms with E-state index in [1.165, 1.54) is 25.5 Å². The van der Waals surface area contributed by atoms with Gasteiger partial charge in [0.1, 0.15) is 0 Å². The van der Waals surface area contributed by atoms with Crippen molar-refractivity contribution in [3.8, 4) is 0 Å². The van der Waals surface area contributed by atoms with Crippen molar-refractivity contribution < 1.29 is 13.2 Å². The van der Waals surface area contributed by atoms with Crippen LogP contribution in [0.5, 0.6) is 0 Å². The zero-order valence-corrected chi connectivity index (χ0v) is 10.4. The fourth-order valence-corrected chi connectivity index (χ4v) is 4.22. The SMILES string of the molecule is NNC(c1cnc(C(F)(F)F)s1)C1C2CCCC21. The van der Waals surface area contributed by atoms with Crippen LogP contribution >= 0.6 is 11.3 Å². The maximum absolute atomic E-state index is 12.5. The van der Waals surface area contributed by atoms with Crippen LogP contribution in [0.3, 0.4) is 0 Å². The summed E-state index contributed by atoms with van der Waals surface area (Å²) < 4.78 is 37.5. The minimum atomic E-state index is -4.36. The fourth-order valence-electron chi connectivity index (χ4n) is 3.32. The summed E-state index contributed by atoms with van der Waals surface area (Å²) in [4.78, 5) is 4.06. The first-order valence-corrected chi connectivity index (χ1v) is 6.83. The molecule has 3 unspecified atom stereocenters. The van der Waals surface area contributed by atoms with Gasteiger partial charge in [-0.05, 0) is 30.6 Å². The summed E-state index contributed by atoms with van der Waals surface area (Å²) in [6, 6.07) is -0.172. The van der Waals surface area contributed by atoms with Crippen molar-refractivity contribution in [1.29, 1.82) is 0 Å². The molecule has 0 aromatic carbocycles. The molecule has 0 bridgehead atoms. The third kappa shape index (κ3) is 1.94. The number of hydrogen-bond acceptors (Lipinski definition) is 4. The Labute approximate surface area is 107 Å². The van der Waals surface area contributed by atoms with Gasteiger partial charge in [-0.2, -0.15) is 13.2 Å². The van der Waals surface area contributed by atoms with E-state index in [0.29, 0.717) is 34.0 Å². The van der Waals surface area contributed by atoms with Crippen LogP contribution in [0.25, 0.3) is 0 Å². The van der Waals surface area contributed by atoms with E-state index in [1.54, 1.807) is 0 Å². The van der Waals surface area contributed by atoms with E-state index in [2.05, 4.69) is 10.4 Å². The Bertz CT molecular complexity index is 435. The molecule has 3 N–H and O–H groups in total. The molecular weight excluding hydrogens is 263 g/mol. The van der Waals surface area contributed by atoms with Crippen LogP contribution in [0.15, 0.2) is 6.20 Å². The lowest BCUT2D eigenvalue weighted by molar-refractivity contribution is -0.137. The number of rotatable bonds is 3. The molecule has 1 aromatic heterocycles. The molecule has 0 saturated heterocycles. The van der Waals surface area contributed by atoms with E-state index in [-0.39, 0.29) is 6.04 Å². The smallest absolute Gasteiger partial charge is 0.271 e. The number of fused-ring (bicyclic) bond motifs is 1. The van der Waals surface area contributed by atoms with Gasteiger partial charge in [-0.25, -0.2) is 4.98 Å². The van der Waals surface area contributed by atoms with Crippen molar-refractivity contribution in [1.82, 2.24) is 10.4 Å². The summed E-state index contributed by atoms with van der Waals surface area (Å²) in [6.45, 7) is 0. The van der Waals surface area contributed by atoms with E-state index in [4.69, 9.17) is 5.84 Å². The largest absolute Gasteiger partial charge is 0.443 e. The van der Waals surface area contributed by atoms with Crippen LogP contribution in [-0.4, -0.2) is 4.98 Å². The summed E-state index contributed by atoms with van der Waals surface area (Å²) in [6.07, 6.45) is 0.546. The average Bonchev–Trinajstić information content (AvgIpc) is 2.76. The number of nitrogens with zero attached hydrogens (tertiary/aromatic N) is 1. The molecule has 1 heterocycles. The Morgan fingerprint density at radius 2 is 2.06 bits per heavy atom. The fraction of sp³-hybridized carbons (Fsp3) is 0.727. The summed E-state index contributed by atoms with van der Waals surface area (Å²) in [5, 5.41) is -0.788. The van der Waals surface area contributed by atoms with E-state index in [1.807, 2.05) is 0 Å². The number of alkyl halides is 3. The summed E-state index contributed by atoms with van der Waals surface area (Å²) in [7, 11) is 0. The lowest BCUT2D eigenvalue weighted by atomic mass is 10.0. The van der Waals surface area contributed by atoms with Crippen LogP contribution in [0.1, 0.15) is 35.2 Å². The highest BCUT2D eigenvalue weighted by Crippen LogP contribution is 2.62. The van der Waals surface area contributed by atoms with Gasteiger partial charge in [0.15, 0.2) is 5.01 Å². The quantitative estimate of drug-likeness (QED) is 0.660. The minimum absolute atomic E-state index is 0.172. The second kappa shape index (κ2) is 4.18. The molecule has 2 saturated carbocycles. The Balaban J connectivity index is 1.78. The van der Waals surface area contributed by atoms with Gasteiger partial charge in [-0.15, -0.1) is 11.3 Å². The van der Waals surface area contributed by atoms with Gasteiger partial charge in [0.05, 0.1) is 6.04 Å². The van der Waals surface area contributed by atoms with E-state index < -0.39 is 11.2 Å². The third-order valence-electron chi connectivity index (χ3n) is 4.11. The number of hydrazine groups is 1. The van der Waals surface area contributed by atoms with E-state index in [0.717, 1.165) is 0 Å². The van der Waals surface area contributed by atoms with Crippen molar-refractivity contribution >= 4 is 11.3 Å². The molecule has 0 aliphatic heterocycles. The number of hydrogen-bond donors (Lipinski definition) is 2. The second-order valence-electron chi connectivity index (χ2n) is 5.05. The highest BCUT2D eigenvalue weighted by molar-refractivity contribution is 7.11. The summed E-state index contributed by atoms with van der Waals surface area (Å²) in [5.74, 6) is 7.19. The first kappa shape index (κ1) is 12.4. The standard InChI is InChI=1S/C11H14F3N3S/c12-11(13,14)10-16-4-7(18-10)9(17-15)8-5-2-1-3-6(5)8/h4-6,8-9,17H,1-3,15H2. The van der Waals surface area contributed by atoms with E-state index in [9.17, 15) is 13.2 Å². The van der Waals surface area contributed by atoms with Crippen LogP contribution in [0.2, 0.25) is 0 Å². The number of halogens is 3. The number of nitrogens with one attached hydrogen (secondary N) is 1. The zero-order chi connectivity index (χ0) is 12.9. The lowest BCUT2D eigenvalue weighted by Crippen LogP contribution is -2.30. The zero-order valence-electron chi connectivity index (χ0n) is 9.57. The van der Waals surface area contributed by atoms with Gasteiger partial charge in [0.25, 0.3) is 0 Å². The van der Waals surface area contributed by atoms with Crippen LogP contribution in [0, 0.1) is 17.8 Å². The topological polar surface area (TPSA) is 50.9 Å². The van der Waals surface area contributed by atoms with Crippen LogP contribution in [-0.2, 0) is 6.18 Å². The normalized spacial score (nSPS) is 32.3. The Hall–Kier alpha value is -0.660. The van der Waals surface area contributed by atoms with Gasteiger partial charge in [0.2, 0.25) is 0 Å². The van der Waals surface area contributed by atoms with Gasteiger partial charge >= 0.3 is 6.18 Å². The summed E-state index contributed by atoms with van der Waals surface area (Å²) in [5.41, 5.74) is 2.68. The van der Waals surface area contributed by atoms with Crippen molar-refractivity contribution in [2.24, 2.45) is 23.6 Å². The molecule has 1 aromatic rings. The molecule has 7 heteroatoms. The Morgan fingerprint density at radius 3 is 2.56 bits per heavy atom. The molecule has 2 aliphatic carbocycles. The molecule has 0 spiro atoms. The number of thiazole rings is 1. The van der Waals surface area contributed by atoms with Crippen LogP contribution in [0.4, 0.5) is 13.2 Å². The lowest BCUT2D eigenvalue weighted by Gasteiger charge is -2.15. The predicted octanol–water partition coefficient (Wildman–Crippen LogP) is 2.71. The van der Waals surface area contributed by atoms with E-state index >= 15 is 0 Å². The number of aromatic nitrogens is 1. The first-order chi connectivity index (χ1) is 8.52. The highest BCUT2D eigenvalue weighted by Gasteiger charge is 2.56. The van der Waals surface area contributed by atoms with Crippen LogP contribution < -0.4 is 11.3 Å².